The van der Waals surface area contributed by atoms with Crippen LogP contribution >= 0.6 is 22.7 Å². The van der Waals surface area contributed by atoms with E-state index in [9.17, 15) is 9.59 Å². The topological polar surface area (TPSA) is 83.6 Å². The van der Waals surface area contributed by atoms with Crippen molar-refractivity contribution >= 4 is 38.9 Å². The molecule has 0 aliphatic rings. The van der Waals surface area contributed by atoms with Crippen LogP contribution in [0.2, 0.25) is 0 Å². The zero-order valence-corrected chi connectivity index (χ0v) is 18.4. The van der Waals surface area contributed by atoms with Gasteiger partial charge in [-0.3, -0.25) is 9.36 Å². The summed E-state index contributed by atoms with van der Waals surface area (Å²) in [6.45, 7) is 2.61. The Hall–Kier alpha value is -2.75. The van der Waals surface area contributed by atoms with Crippen LogP contribution in [0, 0.1) is 6.92 Å². The van der Waals surface area contributed by atoms with Crippen molar-refractivity contribution in [2.45, 2.75) is 19.9 Å². The van der Waals surface area contributed by atoms with Gasteiger partial charge in [0.15, 0.2) is 0 Å². The fraction of sp³-hybridized carbons (Fsp3) is 0.286. The number of methoxy groups -OCH3 is 2. The molecule has 4 aromatic heterocycles. The van der Waals surface area contributed by atoms with Crippen molar-refractivity contribution in [1.29, 1.82) is 0 Å². The number of aryl methyl sites for hydroxylation is 1. The second-order valence-electron chi connectivity index (χ2n) is 6.61. The van der Waals surface area contributed by atoms with Crippen molar-refractivity contribution in [3.8, 4) is 10.4 Å². The Morgan fingerprint density at radius 1 is 1.27 bits per heavy atom. The lowest BCUT2D eigenvalue weighted by Crippen LogP contribution is -2.26. The molecule has 7 nitrogen and oxygen atoms in total. The van der Waals surface area contributed by atoms with Gasteiger partial charge < -0.3 is 13.9 Å². The van der Waals surface area contributed by atoms with Gasteiger partial charge in [-0.1, -0.05) is 6.07 Å². The van der Waals surface area contributed by atoms with Crippen molar-refractivity contribution in [3.63, 3.8) is 0 Å². The highest BCUT2D eigenvalue weighted by molar-refractivity contribution is 7.20. The van der Waals surface area contributed by atoms with Gasteiger partial charge in [-0.25, -0.2) is 9.78 Å². The minimum absolute atomic E-state index is 0.0960. The summed E-state index contributed by atoms with van der Waals surface area (Å²) in [5, 5.41) is 2.61. The molecule has 0 radical (unpaired) electrons. The molecule has 0 aliphatic heterocycles. The van der Waals surface area contributed by atoms with E-state index < -0.39 is 5.97 Å². The summed E-state index contributed by atoms with van der Waals surface area (Å²) in [4.78, 5) is 32.9. The number of carbonyl (C=O) groups excluding carboxylic acids is 1. The number of ether oxygens (including phenoxy) is 2. The molecular formula is C21H20N2O5S2. The summed E-state index contributed by atoms with van der Waals surface area (Å²) in [7, 11) is 2.90. The number of hydrogen-bond acceptors (Lipinski definition) is 8. The third-order valence-corrected chi connectivity index (χ3v) is 6.61. The molecule has 156 valence electrons. The van der Waals surface area contributed by atoms with E-state index in [4.69, 9.17) is 18.9 Å². The third-order valence-electron chi connectivity index (χ3n) is 4.73. The minimum atomic E-state index is -0.560. The first-order valence-corrected chi connectivity index (χ1v) is 11.0. The van der Waals surface area contributed by atoms with E-state index in [0.717, 1.165) is 20.1 Å². The molecule has 4 heterocycles. The third kappa shape index (κ3) is 3.71. The fourth-order valence-corrected chi connectivity index (χ4v) is 5.28. The van der Waals surface area contributed by atoms with Crippen LogP contribution in [0.15, 0.2) is 38.9 Å². The van der Waals surface area contributed by atoms with E-state index in [0.29, 0.717) is 30.0 Å². The average Bonchev–Trinajstić information content (AvgIpc) is 3.48. The fourth-order valence-electron chi connectivity index (χ4n) is 3.33. The van der Waals surface area contributed by atoms with E-state index in [-0.39, 0.29) is 17.9 Å². The standard InChI is InChI=1S/C21H20N2O5S2/c1-12-17(15-5-4-10-29-15)18-19(30-12)22-16(8-9-26-2)23(20(18)24)11-13-6-7-14(28-13)21(25)27-3/h4-7,10H,8-9,11H2,1-3H3. The van der Waals surface area contributed by atoms with E-state index >= 15 is 0 Å². The molecule has 0 amide bonds. The Kier molecular flexibility index (Phi) is 5.85. The monoisotopic (exact) mass is 444 g/mol. The molecule has 0 bridgehead atoms. The van der Waals surface area contributed by atoms with Gasteiger partial charge in [-0.05, 0) is 30.5 Å². The molecule has 0 atom stereocenters. The zero-order valence-electron chi connectivity index (χ0n) is 16.8. The van der Waals surface area contributed by atoms with Crippen LogP contribution < -0.4 is 5.56 Å². The largest absolute Gasteiger partial charge is 0.463 e. The predicted octanol–water partition coefficient (Wildman–Crippen LogP) is 4.11. The number of rotatable bonds is 7. The highest BCUT2D eigenvalue weighted by Gasteiger charge is 2.21. The van der Waals surface area contributed by atoms with Gasteiger partial charge in [0, 0.05) is 28.8 Å². The Balaban J connectivity index is 1.86. The maximum atomic E-state index is 13.6. The molecule has 0 unspecified atom stereocenters. The van der Waals surface area contributed by atoms with Gasteiger partial charge in [0.2, 0.25) is 5.76 Å². The number of fused-ring (bicyclic) bond motifs is 1. The van der Waals surface area contributed by atoms with Crippen molar-refractivity contribution < 1.29 is 18.7 Å². The number of thiophene rings is 2. The van der Waals surface area contributed by atoms with Crippen molar-refractivity contribution in [1.82, 2.24) is 9.55 Å². The van der Waals surface area contributed by atoms with Gasteiger partial charge in [-0.2, -0.15) is 0 Å². The van der Waals surface area contributed by atoms with Crippen molar-refractivity contribution in [2.75, 3.05) is 20.8 Å². The molecule has 0 aliphatic carbocycles. The second-order valence-corrected chi connectivity index (χ2v) is 8.76. The lowest BCUT2D eigenvalue weighted by Gasteiger charge is -2.11. The molecule has 0 saturated carbocycles. The van der Waals surface area contributed by atoms with Gasteiger partial charge in [-0.15, -0.1) is 22.7 Å². The van der Waals surface area contributed by atoms with E-state index in [2.05, 4.69) is 0 Å². The first kappa shape index (κ1) is 20.5. The van der Waals surface area contributed by atoms with Crippen LogP contribution in [0.4, 0.5) is 0 Å². The summed E-state index contributed by atoms with van der Waals surface area (Å²) < 4.78 is 17.1. The minimum Gasteiger partial charge on any atom is -0.463 e. The van der Waals surface area contributed by atoms with Crippen molar-refractivity contribution in [2.24, 2.45) is 0 Å². The molecule has 4 aromatic rings. The molecule has 4 rings (SSSR count). The number of esters is 1. The molecule has 0 aromatic carbocycles. The number of furan rings is 1. The molecule has 0 fully saturated rings. The van der Waals surface area contributed by atoms with Crippen LogP contribution in [0.25, 0.3) is 20.7 Å². The maximum Gasteiger partial charge on any atom is 0.373 e. The SMILES string of the molecule is COCCc1nc2sc(C)c(-c3cccs3)c2c(=O)n1Cc1ccc(C(=O)OC)o1. The summed E-state index contributed by atoms with van der Waals surface area (Å²) >= 11 is 3.12. The summed E-state index contributed by atoms with van der Waals surface area (Å²) in [6.07, 6.45) is 0.484. The van der Waals surface area contributed by atoms with Crippen LogP contribution in [0.3, 0.4) is 0 Å². The molecule has 0 spiro atoms. The zero-order chi connectivity index (χ0) is 21.3. The van der Waals surface area contributed by atoms with Crippen LogP contribution in [0.1, 0.15) is 27.0 Å². The molecule has 30 heavy (non-hydrogen) atoms. The normalized spacial score (nSPS) is 11.3. The van der Waals surface area contributed by atoms with Crippen LogP contribution in [-0.2, 0) is 22.4 Å². The Labute approximate surface area is 180 Å². The Bertz CT molecular complexity index is 1250. The highest BCUT2D eigenvalue weighted by atomic mass is 32.1. The van der Waals surface area contributed by atoms with Crippen molar-refractivity contribution in [3.05, 3.63) is 62.2 Å². The van der Waals surface area contributed by atoms with E-state index in [1.54, 1.807) is 35.1 Å². The molecule has 0 N–H and O–H groups in total. The van der Waals surface area contributed by atoms with E-state index in [1.165, 1.54) is 18.4 Å². The number of hydrogen-bond donors (Lipinski definition) is 0. The highest BCUT2D eigenvalue weighted by Crippen LogP contribution is 2.38. The van der Waals surface area contributed by atoms with Gasteiger partial charge >= 0.3 is 5.97 Å². The first-order chi connectivity index (χ1) is 14.5. The average molecular weight is 445 g/mol. The van der Waals surface area contributed by atoms with Gasteiger partial charge in [0.05, 0.1) is 25.6 Å². The van der Waals surface area contributed by atoms with Gasteiger partial charge in [0.1, 0.15) is 16.4 Å². The number of aromatic nitrogens is 2. The summed E-state index contributed by atoms with van der Waals surface area (Å²) in [5.41, 5.74) is 0.805. The first-order valence-electron chi connectivity index (χ1n) is 9.26. The predicted molar refractivity (Wildman–Crippen MR) is 117 cm³/mol. The smallest absolute Gasteiger partial charge is 0.373 e. The number of nitrogens with zero attached hydrogens (tertiary/aromatic N) is 2. The van der Waals surface area contributed by atoms with Gasteiger partial charge in [0.25, 0.3) is 5.56 Å². The molecular weight excluding hydrogens is 424 g/mol. The lowest BCUT2D eigenvalue weighted by molar-refractivity contribution is 0.0563. The lowest BCUT2D eigenvalue weighted by atomic mass is 10.1. The molecule has 9 heteroatoms. The number of carbonyl (C=O) groups is 1. The Morgan fingerprint density at radius 3 is 2.80 bits per heavy atom. The van der Waals surface area contributed by atoms with Crippen LogP contribution in [0.5, 0.6) is 0 Å². The maximum absolute atomic E-state index is 13.6. The molecule has 0 saturated heterocycles. The van der Waals surface area contributed by atoms with E-state index in [1.807, 2.05) is 24.4 Å². The summed E-state index contributed by atoms with van der Waals surface area (Å²) in [6, 6.07) is 7.19. The van der Waals surface area contributed by atoms with Crippen LogP contribution in [-0.4, -0.2) is 36.3 Å². The quantitative estimate of drug-likeness (QED) is 0.399. The Morgan fingerprint density at radius 2 is 2.10 bits per heavy atom. The second kappa shape index (κ2) is 8.55. The summed E-state index contributed by atoms with van der Waals surface area (Å²) in [5.74, 6) is 0.625.